The van der Waals surface area contributed by atoms with Crippen molar-refractivity contribution in [3.05, 3.63) is 34.6 Å². The molecule has 1 rings (SSSR count). The molecule has 0 amide bonds. The molecule has 18 heavy (non-hydrogen) atoms. The number of benzene rings is 1. The number of halogens is 5. The average Bonchev–Trinajstić information content (AvgIpc) is 2.19. The third kappa shape index (κ3) is 2.91. The lowest BCUT2D eigenvalue weighted by Gasteiger charge is -2.13. The highest BCUT2D eigenvalue weighted by Gasteiger charge is 2.45. The predicted octanol–water partition coefficient (Wildman–Crippen LogP) is 1.44. The van der Waals surface area contributed by atoms with Crippen LogP contribution in [0.25, 0.3) is 0 Å². The molecule has 0 heterocycles. The van der Waals surface area contributed by atoms with Crippen LogP contribution in [0.15, 0.2) is 22.6 Å². The van der Waals surface area contributed by atoms with E-state index < -0.39 is 37.8 Å². The summed E-state index contributed by atoms with van der Waals surface area (Å²) in [5.41, 5.74) is -6.48. The first kappa shape index (κ1) is 14.7. The van der Waals surface area contributed by atoms with Gasteiger partial charge in [-0.05, 0) is 6.07 Å². The fourth-order valence-corrected chi connectivity index (χ4v) is 1.51. The van der Waals surface area contributed by atoms with Crippen LogP contribution in [0.5, 0.6) is 0 Å². The lowest BCUT2D eigenvalue weighted by atomic mass is 10.2. The van der Waals surface area contributed by atoms with Gasteiger partial charge in [0.1, 0.15) is 5.82 Å². The highest BCUT2D eigenvalue weighted by atomic mass is 35.5. The third-order valence-electron chi connectivity index (χ3n) is 1.68. The van der Waals surface area contributed by atoms with E-state index in [1.54, 1.807) is 0 Å². The minimum absolute atomic E-state index is 0.774. The van der Waals surface area contributed by atoms with Gasteiger partial charge >= 0.3 is 15.5 Å². The number of alkyl halides is 3. The summed E-state index contributed by atoms with van der Waals surface area (Å²) in [6.07, 6.45) is 0. The molecule has 10 heteroatoms. The fourth-order valence-electron chi connectivity index (χ4n) is 0.879. The van der Waals surface area contributed by atoms with E-state index in [2.05, 4.69) is 0 Å². The monoisotopic (exact) mass is 304 g/mol. The Hall–Kier alpha value is -1.35. The van der Waals surface area contributed by atoms with Crippen LogP contribution in [0.1, 0.15) is 5.56 Å². The van der Waals surface area contributed by atoms with Crippen LogP contribution in [0.3, 0.4) is 0 Å². The summed E-state index contributed by atoms with van der Waals surface area (Å²) < 4.78 is 71.9. The molecule has 4 nitrogen and oxygen atoms in total. The third-order valence-corrected chi connectivity index (χ3v) is 3.05. The van der Waals surface area contributed by atoms with Gasteiger partial charge in [-0.1, -0.05) is 23.7 Å². The van der Waals surface area contributed by atoms with Crippen LogP contribution in [-0.2, 0) is 10.0 Å². The Kier molecular flexibility index (Phi) is 3.86. The van der Waals surface area contributed by atoms with Crippen LogP contribution in [0, 0.1) is 5.82 Å². The van der Waals surface area contributed by atoms with E-state index in [0.29, 0.717) is 0 Å². The normalized spacial score (nSPS) is 13.7. The Balaban J connectivity index is 3.32. The van der Waals surface area contributed by atoms with Gasteiger partial charge in [0.15, 0.2) is 0 Å². The molecule has 100 valence electrons. The molecule has 0 fully saturated rings. The van der Waals surface area contributed by atoms with E-state index in [1.165, 1.54) is 0 Å². The number of hydrogen-bond donors (Lipinski definition) is 0. The molecule has 1 aromatic carbocycles. The van der Waals surface area contributed by atoms with Crippen LogP contribution in [0.4, 0.5) is 17.6 Å². The Bertz CT molecular complexity index is 597. The van der Waals surface area contributed by atoms with Crippen molar-refractivity contribution in [1.29, 1.82) is 0 Å². The van der Waals surface area contributed by atoms with Gasteiger partial charge in [-0.2, -0.15) is 26.0 Å². The molecule has 0 unspecified atom stereocenters. The van der Waals surface area contributed by atoms with E-state index in [0.717, 1.165) is 18.2 Å². The first-order valence-electron chi connectivity index (χ1n) is 4.09. The molecule has 0 N–H and O–H groups in total. The lowest BCUT2D eigenvalue weighted by molar-refractivity contribution is -0.212. The van der Waals surface area contributed by atoms with Crippen molar-refractivity contribution in [3.63, 3.8) is 0 Å². The average molecular weight is 305 g/mol. The number of sulfonamides is 1. The van der Waals surface area contributed by atoms with Crippen LogP contribution < -0.4 is 5.11 Å². The molecule has 0 saturated heterocycles. The van der Waals surface area contributed by atoms with E-state index >= 15 is 0 Å². The molecule has 0 aliphatic carbocycles. The molecule has 0 atom stereocenters. The Labute approximate surface area is 104 Å². The van der Waals surface area contributed by atoms with Gasteiger partial charge in [0.25, 0.3) is 0 Å². The van der Waals surface area contributed by atoms with Crippen LogP contribution >= 0.6 is 11.6 Å². The van der Waals surface area contributed by atoms with Crippen molar-refractivity contribution in [1.82, 2.24) is 0 Å². The smallest absolute Gasteiger partial charge is 0.518 e. The van der Waals surface area contributed by atoms with Gasteiger partial charge in [-0.15, -0.1) is 0 Å². The first-order valence-corrected chi connectivity index (χ1v) is 5.90. The molecule has 0 aliphatic heterocycles. The Morgan fingerprint density at radius 2 is 1.89 bits per heavy atom. The first-order chi connectivity index (χ1) is 8.06. The molecule has 1 aromatic rings. The summed E-state index contributed by atoms with van der Waals surface area (Å²) in [6.45, 7) is 0. The zero-order valence-electron chi connectivity index (χ0n) is 8.20. The second-order valence-electron chi connectivity index (χ2n) is 2.92. The van der Waals surface area contributed by atoms with E-state index in [1.807, 2.05) is 4.40 Å². The van der Waals surface area contributed by atoms with Crippen molar-refractivity contribution >= 4 is 27.5 Å². The SMILES string of the molecule is O=S(=O)(/N=C(\[O-])c1cccc(F)c1Cl)C(F)(F)F. The van der Waals surface area contributed by atoms with Gasteiger partial charge in [-0.3, -0.25) is 0 Å². The molecule has 0 bridgehead atoms. The zero-order chi connectivity index (χ0) is 14.1. The van der Waals surface area contributed by atoms with Crippen LogP contribution in [0.2, 0.25) is 5.02 Å². The van der Waals surface area contributed by atoms with Crippen molar-refractivity contribution < 1.29 is 31.1 Å². The second kappa shape index (κ2) is 4.73. The topological polar surface area (TPSA) is 69.6 Å². The second-order valence-corrected chi connectivity index (χ2v) is 4.89. The molecule has 0 aromatic heterocycles. The summed E-state index contributed by atoms with van der Waals surface area (Å²) >= 11 is 5.30. The zero-order valence-corrected chi connectivity index (χ0v) is 9.77. The van der Waals surface area contributed by atoms with Gasteiger partial charge < -0.3 is 5.11 Å². The standard InChI is InChI=1S/C8H4ClF4NO3S/c9-6-4(2-1-3-5(6)10)7(15)14-18(16,17)8(11,12)13/h1-3H,(H,14,15)/p-1. The molecule has 0 radical (unpaired) electrons. The van der Waals surface area contributed by atoms with E-state index in [9.17, 15) is 31.1 Å². The van der Waals surface area contributed by atoms with Gasteiger partial charge in [0, 0.05) is 11.5 Å². The molecular formula is C8H3ClF4NO3S-. The molecule has 0 aliphatic rings. The van der Waals surface area contributed by atoms with Crippen molar-refractivity contribution in [2.45, 2.75) is 5.51 Å². The minimum Gasteiger partial charge on any atom is -0.858 e. The summed E-state index contributed by atoms with van der Waals surface area (Å²) in [4.78, 5) is 0. The fraction of sp³-hybridized carbons (Fsp3) is 0.125. The van der Waals surface area contributed by atoms with Gasteiger partial charge in [-0.25, -0.2) is 4.39 Å². The largest absolute Gasteiger partial charge is 0.858 e. The summed E-state index contributed by atoms with van der Waals surface area (Å²) in [6, 6.07) is 2.67. The maximum absolute atomic E-state index is 12.9. The highest BCUT2D eigenvalue weighted by molar-refractivity contribution is 7.91. The van der Waals surface area contributed by atoms with Gasteiger partial charge in [0.05, 0.1) is 5.02 Å². The van der Waals surface area contributed by atoms with E-state index in [-0.39, 0.29) is 0 Å². The maximum Gasteiger partial charge on any atom is 0.518 e. The molecule has 0 spiro atoms. The number of rotatable bonds is 2. The van der Waals surface area contributed by atoms with Gasteiger partial charge in [0.2, 0.25) is 0 Å². The van der Waals surface area contributed by atoms with Crippen molar-refractivity contribution in [2.24, 2.45) is 4.40 Å². The predicted molar refractivity (Wildman–Crippen MR) is 52.9 cm³/mol. The quantitative estimate of drug-likeness (QED) is 0.471. The maximum atomic E-state index is 12.9. The summed E-state index contributed by atoms with van der Waals surface area (Å²) in [5, 5.41) is 10.4. The van der Waals surface area contributed by atoms with Crippen molar-refractivity contribution in [2.75, 3.05) is 0 Å². The van der Waals surface area contributed by atoms with Crippen molar-refractivity contribution in [3.8, 4) is 0 Å². The molecule has 0 saturated carbocycles. The Morgan fingerprint density at radius 3 is 2.39 bits per heavy atom. The Morgan fingerprint density at radius 1 is 1.33 bits per heavy atom. The minimum atomic E-state index is -5.98. The highest BCUT2D eigenvalue weighted by Crippen LogP contribution is 2.26. The molecular weight excluding hydrogens is 302 g/mol. The lowest BCUT2D eigenvalue weighted by Crippen LogP contribution is -2.27. The van der Waals surface area contributed by atoms with E-state index in [4.69, 9.17) is 11.6 Å². The summed E-state index contributed by atoms with van der Waals surface area (Å²) in [5.74, 6) is -2.88. The summed E-state index contributed by atoms with van der Waals surface area (Å²) in [7, 11) is -5.98. The number of nitrogens with zero attached hydrogens (tertiary/aromatic N) is 1. The van der Waals surface area contributed by atoms with Crippen LogP contribution in [-0.4, -0.2) is 19.8 Å². The number of hydrogen-bond acceptors (Lipinski definition) is 3.